The molecule has 0 atom stereocenters. The maximum atomic E-state index is 11.0. The monoisotopic (exact) mass is 542 g/mol. The third-order valence-corrected chi connectivity index (χ3v) is 6.57. The lowest BCUT2D eigenvalue weighted by Gasteiger charge is -2.26. The Morgan fingerprint density at radius 1 is 0.553 bits per heavy atom. The average molecular weight is 543 g/mol. The lowest BCUT2D eigenvalue weighted by atomic mass is 10.0. The van der Waals surface area contributed by atoms with Gasteiger partial charge in [0.2, 0.25) is 0 Å². The van der Waals surface area contributed by atoms with Crippen LogP contribution in [-0.4, -0.2) is 120 Å². The van der Waals surface area contributed by atoms with Crippen LogP contribution in [0.1, 0.15) is 52.4 Å². The van der Waals surface area contributed by atoms with Crippen molar-refractivity contribution in [2.75, 3.05) is 65.7 Å². The van der Waals surface area contributed by atoms with Gasteiger partial charge in [0.15, 0.2) is 0 Å². The van der Waals surface area contributed by atoms with Crippen LogP contribution in [0.4, 0.5) is 0 Å². The van der Waals surface area contributed by atoms with E-state index in [2.05, 4.69) is 9.80 Å². The predicted octanol–water partition coefficient (Wildman–Crippen LogP) is 1.95. The number of carboxylic acid groups (broad SMARTS) is 4. The number of carboxylic acids is 4. The Bertz CT molecular complexity index is 786. The summed E-state index contributed by atoms with van der Waals surface area (Å²) in [4.78, 5) is 48.1. The third-order valence-electron chi connectivity index (χ3n) is 6.57. The van der Waals surface area contributed by atoms with Gasteiger partial charge in [-0.3, -0.25) is 9.80 Å². The van der Waals surface area contributed by atoms with Crippen molar-refractivity contribution in [1.82, 2.24) is 9.80 Å². The highest BCUT2D eigenvalue weighted by molar-refractivity contribution is 5.98. The molecular weight excluding hydrogens is 500 g/mol. The molecule has 0 radical (unpaired) electrons. The molecule has 0 aromatic carbocycles. The molecule has 0 aliphatic carbocycles. The van der Waals surface area contributed by atoms with E-state index in [1.54, 1.807) is 0 Å². The normalized spacial score (nSPS) is 17.9. The smallest absolute Gasteiger partial charge is 0.332 e. The molecule has 2 saturated heterocycles. The van der Waals surface area contributed by atoms with E-state index in [1.807, 2.05) is 0 Å². The first-order chi connectivity index (χ1) is 18.0. The van der Waals surface area contributed by atoms with Crippen molar-refractivity contribution in [3.8, 4) is 0 Å². The van der Waals surface area contributed by atoms with E-state index >= 15 is 0 Å². The van der Waals surface area contributed by atoms with Gasteiger partial charge in [-0.05, 0) is 65.5 Å². The number of aliphatic carboxylic acids is 4. The molecular formula is C26H42N2O10. The Kier molecular flexibility index (Phi) is 16.1. The molecule has 0 bridgehead atoms. The molecule has 0 aromatic rings. The largest absolute Gasteiger partial charge is 0.478 e. The summed E-state index contributed by atoms with van der Waals surface area (Å²) in [6.45, 7) is 11.1. The van der Waals surface area contributed by atoms with Gasteiger partial charge in [0.05, 0.1) is 26.4 Å². The Morgan fingerprint density at radius 2 is 0.868 bits per heavy atom. The van der Waals surface area contributed by atoms with Crippen molar-refractivity contribution >= 4 is 23.9 Å². The summed E-state index contributed by atoms with van der Waals surface area (Å²) in [5.74, 6) is -4.59. The first-order valence-electron chi connectivity index (χ1n) is 13.0. The second-order valence-corrected chi connectivity index (χ2v) is 9.25. The summed E-state index contributed by atoms with van der Waals surface area (Å²) in [6, 6.07) is 0. The molecule has 0 amide bonds. The minimum absolute atomic E-state index is 0.00878. The molecule has 2 fully saturated rings. The lowest BCUT2D eigenvalue weighted by Crippen LogP contribution is -2.36. The van der Waals surface area contributed by atoms with E-state index in [-0.39, 0.29) is 22.3 Å². The molecule has 4 N–H and O–H groups in total. The number of carbonyl (C=O) groups is 4. The highest BCUT2D eigenvalue weighted by Crippen LogP contribution is 2.15. The Balaban J connectivity index is 0.000000380. The molecule has 216 valence electrons. The van der Waals surface area contributed by atoms with Crippen LogP contribution in [0.15, 0.2) is 22.3 Å². The first-order valence-corrected chi connectivity index (χ1v) is 13.0. The molecule has 0 unspecified atom stereocenters. The summed E-state index contributed by atoms with van der Waals surface area (Å²) in [5.41, 5.74) is -0.123. The third kappa shape index (κ3) is 13.1. The standard InChI is InChI=1S/2C13H21NO5/c2*1-10(12(15)16)11(13(17)18)4-2-3-5-14-6-8-19-9-7-14/h2*2-9H2,1H3,(H,15,16)(H,17,18). The van der Waals surface area contributed by atoms with E-state index in [0.29, 0.717) is 25.7 Å². The van der Waals surface area contributed by atoms with Crippen LogP contribution in [0.25, 0.3) is 0 Å². The maximum Gasteiger partial charge on any atom is 0.332 e. The van der Waals surface area contributed by atoms with Crippen molar-refractivity contribution in [3.05, 3.63) is 22.3 Å². The Labute approximate surface area is 223 Å². The van der Waals surface area contributed by atoms with Crippen molar-refractivity contribution in [3.63, 3.8) is 0 Å². The van der Waals surface area contributed by atoms with Gasteiger partial charge >= 0.3 is 23.9 Å². The van der Waals surface area contributed by atoms with E-state index in [9.17, 15) is 19.2 Å². The molecule has 2 aliphatic rings. The molecule has 12 nitrogen and oxygen atoms in total. The Morgan fingerprint density at radius 3 is 1.13 bits per heavy atom. The second-order valence-electron chi connectivity index (χ2n) is 9.25. The summed E-state index contributed by atoms with van der Waals surface area (Å²) in [5, 5.41) is 35.6. The summed E-state index contributed by atoms with van der Waals surface area (Å²) >= 11 is 0. The van der Waals surface area contributed by atoms with E-state index in [1.165, 1.54) is 13.8 Å². The van der Waals surface area contributed by atoms with Crippen LogP contribution < -0.4 is 0 Å². The number of unbranched alkanes of at least 4 members (excludes halogenated alkanes) is 2. The zero-order valence-electron chi connectivity index (χ0n) is 22.4. The second kappa shape index (κ2) is 18.5. The highest BCUT2D eigenvalue weighted by atomic mass is 16.5. The fourth-order valence-corrected chi connectivity index (χ4v) is 4.09. The van der Waals surface area contributed by atoms with Crippen LogP contribution in [-0.2, 0) is 28.7 Å². The summed E-state index contributed by atoms with van der Waals surface area (Å²) in [7, 11) is 0. The van der Waals surface area contributed by atoms with Gasteiger partial charge in [0.25, 0.3) is 0 Å². The lowest BCUT2D eigenvalue weighted by molar-refractivity contribution is -0.136. The van der Waals surface area contributed by atoms with Crippen molar-refractivity contribution in [2.24, 2.45) is 0 Å². The van der Waals surface area contributed by atoms with Crippen LogP contribution >= 0.6 is 0 Å². The number of hydrogen-bond donors (Lipinski definition) is 4. The van der Waals surface area contributed by atoms with Gasteiger partial charge in [0.1, 0.15) is 0 Å². The number of nitrogens with zero attached hydrogens (tertiary/aromatic N) is 2. The van der Waals surface area contributed by atoms with Crippen LogP contribution in [0, 0.1) is 0 Å². The average Bonchev–Trinajstić information content (AvgIpc) is 2.89. The van der Waals surface area contributed by atoms with Crippen LogP contribution in [0.3, 0.4) is 0 Å². The van der Waals surface area contributed by atoms with Gasteiger partial charge in [0, 0.05) is 48.5 Å². The zero-order chi connectivity index (χ0) is 28.5. The van der Waals surface area contributed by atoms with Gasteiger partial charge < -0.3 is 29.9 Å². The SMILES string of the molecule is CC(C(=O)O)=C(CCCCN1CCOCC1)C(=O)O.CC(C(=O)O)=C(CCCCN1CCOCC1)C(=O)O. The molecule has 0 saturated carbocycles. The first kappa shape index (κ1) is 33.2. The van der Waals surface area contributed by atoms with E-state index in [4.69, 9.17) is 29.9 Å². The molecule has 2 aliphatic heterocycles. The van der Waals surface area contributed by atoms with Gasteiger partial charge in [-0.1, -0.05) is 0 Å². The number of rotatable bonds is 14. The Hall–Kier alpha value is -2.80. The number of hydrogen-bond acceptors (Lipinski definition) is 8. The highest BCUT2D eigenvalue weighted by Gasteiger charge is 2.17. The molecule has 38 heavy (non-hydrogen) atoms. The number of ether oxygens (including phenoxy) is 2. The minimum Gasteiger partial charge on any atom is -0.478 e. The molecule has 12 heteroatoms. The maximum absolute atomic E-state index is 11.0. The number of morpholine rings is 2. The quantitative estimate of drug-likeness (QED) is 0.186. The van der Waals surface area contributed by atoms with E-state index < -0.39 is 23.9 Å². The molecule has 0 spiro atoms. The predicted molar refractivity (Wildman–Crippen MR) is 138 cm³/mol. The summed E-state index contributed by atoms with van der Waals surface area (Å²) in [6.07, 6.45) is 3.70. The van der Waals surface area contributed by atoms with Gasteiger partial charge in [-0.15, -0.1) is 0 Å². The summed E-state index contributed by atoms with van der Waals surface area (Å²) < 4.78 is 10.5. The molecule has 0 aromatic heterocycles. The molecule has 2 rings (SSSR count). The minimum atomic E-state index is -1.16. The van der Waals surface area contributed by atoms with Gasteiger partial charge in [-0.25, -0.2) is 19.2 Å². The fourth-order valence-electron chi connectivity index (χ4n) is 4.09. The fraction of sp³-hybridized carbons (Fsp3) is 0.692. The van der Waals surface area contributed by atoms with Crippen LogP contribution in [0.2, 0.25) is 0 Å². The van der Waals surface area contributed by atoms with Crippen LogP contribution in [0.5, 0.6) is 0 Å². The van der Waals surface area contributed by atoms with Gasteiger partial charge in [-0.2, -0.15) is 0 Å². The van der Waals surface area contributed by atoms with E-state index in [0.717, 1.165) is 78.5 Å². The topological polar surface area (TPSA) is 174 Å². The molecule has 2 heterocycles. The van der Waals surface area contributed by atoms with Crippen molar-refractivity contribution < 1.29 is 49.1 Å². The van der Waals surface area contributed by atoms with Crippen molar-refractivity contribution in [2.45, 2.75) is 52.4 Å². The van der Waals surface area contributed by atoms with Crippen molar-refractivity contribution in [1.29, 1.82) is 0 Å². The zero-order valence-corrected chi connectivity index (χ0v) is 22.4.